The summed E-state index contributed by atoms with van der Waals surface area (Å²) in [6.45, 7) is 2.41. The molecule has 0 spiro atoms. The highest BCUT2D eigenvalue weighted by molar-refractivity contribution is 5.79. The number of hydrogen-bond donors (Lipinski definition) is 1. The lowest BCUT2D eigenvalue weighted by molar-refractivity contribution is -0.128. The Kier molecular flexibility index (Phi) is 3.53. The van der Waals surface area contributed by atoms with Crippen molar-refractivity contribution in [1.82, 2.24) is 10.2 Å². The van der Waals surface area contributed by atoms with Gasteiger partial charge in [-0.2, -0.15) is 0 Å². The van der Waals surface area contributed by atoms with Gasteiger partial charge in [0.05, 0.1) is 18.1 Å². The van der Waals surface area contributed by atoms with E-state index >= 15 is 0 Å². The summed E-state index contributed by atoms with van der Waals surface area (Å²) in [5.41, 5.74) is 1.13. The second-order valence-corrected chi connectivity index (χ2v) is 5.56. The molecule has 2 heterocycles. The fourth-order valence-corrected chi connectivity index (χ4v) is 3.04. The van der Waals surface area contributed by atoms with E-state index in [0.717, 1.165) is 25.1 Å². The molecule has 0 aliphatic carbocycles. The average molecular weight is 260 g/mol. The summed E-state index contributed by atoms with van der Waals surface area (Å²) in [6.07, 6.45) is 1.16. The molecule has 1 amide bonds. The van der Waals surface area contributed by atoms with Gasteiger partial charge in [0.15, 0.2) is 0 Å². The highest BCUT2D eigenvalue weighted by atomic mass is 16.5. The number of morpholine rings is 1. The van der Waals surface area contributed by atoms with Crippen molar-refractivity contribution in [1.29, 1.82) is 0 Å². The van der Waals surface area contributed by atoms with E-state index in [9.17, 15) is 4.79 Å². The number of ether oxygens (including phenoxy) is 1. The molecule has 4 heteroatoms. The number of amides is 1. The molecule has 0 aromatic heterocycles. The van der Waals surface area contributed by atoms with Crippen LogP contribution < -0.4 is 5.32 Å². The van der Waals surface area contributed by atoms with Crippen LogP contribution in [0, 0.1) is 5.92 Å². The van der Waals surface area contributed by atoms with E-state index in [1.807, 2.05) is 30.3 Å². The quantitative estimate of drug-likeness (QED) is 0.882. The van der Waals surface area contributed by atoms with Crippen molar-refractivity contribution in [3.05, 3.63) is 35.9 Å². The molecule has 2 aliphatic rings. The minimum atomic E-state index is 0.0127. The Balaban J connectivity index is 1.56. The number of likely N-dealkylation sites (tertiary alicyclic amines) is 1. The van der Waals surface area contributed by atoms with Crippen molar-refractivity contribution in [2.75, 3.05) is 20.1 Å². The van der Waals surface area contributed by atoms with E-state index in [2.05, 4.69) is 17.3 Å². The smallest absolute Gasteiger partial charge is 0.226 e. The monoisotopic (exact) mass is 260 g/mol. The van der Waals surface area contributed by atoms with Crippen LogP contribution in [0.2, 0.25) is 0 Å². The van der Waals surface area contributed by atoms with Crippen LogP contribution >= 0.6 is 0 Å². The molecule has 3 unspecified atom stereocenters. The van der Waals surface area contributed by atoms with Crippen LogP contribution in [-0.2, 0) is 16.1 Å². The number of benzene rings is 1. The van der Waals surface area contributed by atoms with E-state index < -0.39 is 0 Å². The summed E-state index contributed by atoms with van der Waals surface area (Å²) < 4.78 is 5.85. The zero-order chi connectivity index (χ0) is 13.2. The summed E-state index contributed by atoms with van der Waals surface area (Å²) >= 11 is 0. The van der Waals surface area contributed by atoms with Gasteiger partial charge >= 0.3 is 0 Å². The Morgan fingerprint density at radius 1 is 1.37 bits per heavy atom. The standard InChI is InChI=1S/C15H20N2O2/c1-17-9-12-7-13(14(10-17)19-12)15(18)16-8-11-5-3-2-4-6-11/h2-6,12-14H,7-10H2,1H3,(H,16,18). The van der Waals surface area contributed by atoms with E-state index in [0.29, 0.717) is 6.54 Å². The molecular weight excluding hydrogens is 240 g/mol. The maximum atomic E-state index is 12.3. The van der Waals surface area contributed by atoms with Gasteiger partial charge < -0.3 is 15.0 Å². The zero-order valence-electron chi connectivity index (χ0n) is 11.2. The van der Waals surface area contributed by atoms with E-state index in [1.165, 1.54) is 0 Å². The minimum Gasteiger partial charge on any atom is -0.371 e. The van der Waals surface area contributed by atoms with Crippen LogP contribution in [0.25, 0.3) is 0 Å². The molecule has 3 rings (SSSR count). The molecule has 2 aliphatic heterocycles. The molecule has 102 valence electrons. The molecule has 0 saturated carbocycles. The summed E-state index contributed by atoms with van der Waals surface area (Å²) in [5.74, 6) is 0.144. The van der Waals surface area contributed by atoms with Crippen molar-refractivity contribution < 1.29 is 9.53 Å². The van der Waals surface area contributed by atoms with Crippen LogP contribution in [-0.4, -0.2) is 43.2 Å². The predicted molar refractivity (Wildman–Crippen MR) is 72.6 cm³/mol. The molecule has 4 nitrogen and oxygen atoms in total. The van der Waals surface area contributed by atoms with Gasteiger partial charge in [-0.3, -0.25) is 4.79 Å². The number of hydrogen-bond acceptors (Lipinski definition) is 3. The summed E-state index contributed by atoms with van der Waals surface area (Å²) in [6, 6.07) is 10.0. The summed E-state index contributed by atoms with van der Waals surface area (Å²) in [5, 5.41) is 3.03. The minimum absolute atomic E-state index is 0.0127. The lowest BCUT2D eigenvalue weighted by atomic mass is 9.99. The largest absolute Gasteiger partial charge is 0.371 e. The number of fused-ring (bicyclic) bond motifs is 2. The highest BCUT2D eigenvalue weighted by Gasteiger charge is 2.43. The molecule has 2 bridgehead atoms. The zero-order valence-corrected chi connectivity index (χ0v) is 11.2. The molecule has 19 heavy (non-hydrogen) atoms. The van der Waals surface area contributed by atoms with E-state index in [-0.39, 0.29) is 24.0 Å². The number of nitrogens with one attached hydrogen (secondary N) is 1. The molecule has 1 N–H and O–H groups in total. The average Bonchev–Trinajstić information content (AvgIpc) is 2.72. The Morgan fingerprint density at radius 3 is 2.95 bits per heavy atom. The van der Waals surface area contributed by atoms with Crippen molar-refractivity contribution >= 4 is 5.91 Å². The molecule has 2 saturated heterocycles. The maximum absolute atomic E-state index is 12.3. The molecule has 1 aromatic rings. The van der Waals surface area contributed by atoms with Crippen LogP contribution in [0.15, 0.2) is 30.3 Å². The fraction of sp³-hybridized carbons (Fsp3) is 0.533. The van der Waals surface area contributed by atoms with Crippen molar-refractivity contribution in [3.63, 3.8) is 0 Å². The van der Waals surface area contributed by atoms with Crippen molar-refractivity contribution in [2.24, 2.45) is 5.92 Å². The lowest BCUT2D eigenvalue weighted by Crippen LogP contribution is -2.43. The third-order valence-electron chi connectivity index (χ3n) is 3.99. The fourth-order valence-electron chi connectivity index (χ4n) is 3.04. The summed E-state index contributed by atoms with van der Waals surface area (Å²) in [4.78, 5) is 14.5. The van der Waals surface area contributed by atoms with Gasteiger partial charge in [-0.05, 0) is 19.0 Å². The number of rotatable bonds is 3. The molecule has 2 fully saturated rings. The van der Waals surface area contributed by atoms with Crippen LogP contribution in [0.3, 0.4) is 0 Å². The van der Waals surface area contributed by atoms with Gasteiger partial charge in [-0.1, -0.05) is 30.3 Å². The highest BCUT2D eigenvalue weighted by Crippen LogP contribution is 2.31. The van der Waals surface area contributed by atoms with Gasteiger partial charge in [0, 0.05) is 19.6 Å². The first-order valence-corrected chi connectivity index (χ1v) is 6.88. The van der Waals surface area contributed by atoms with E-state index in [1.54, 1.807) is 0 Å². The normalized spacial score (nSPS) is 30.3. The van der Waals surface area contributed by atoms with Gasteiger partial charge in [0.2, 0.25) is 5.91 Å². The summed E-state index contributed by atoms with van der Waals surface area (Å²) in [7, 11) is 2.09. The Bertz CT molecular complexity index is 449. The second kappa shape index (κ2) is 5.31. The predicted octanol–water partition coefficient (Wildman–Crippen LogP) is 1.02. The van der Waals surface area contributed by atoms with E-state index in [4.69, 9.17) is 4.74 Å². The van der Waals surface area contributed by atoms with Crippen LogP contribution in [0.5, 0.6) is 0 Å². The molecular formula is C15H20N2O2. The first-order valence-electron chi connectivity index (χ1n) is 6.88. The third-order valence-corrected chi connectivity index (χ3v) is 3.99. The third kappa shape index (κ3) is 2.80. The van der Waals surface area contributed by atoms with Gasteiger partial charge in [-0.15, -0.1) is 0 Å². The second-order valence-electron chi connectivity index (χ2n) is 5.56. The SMILES string of the molecule is CN1CC2CC(C(=O)NCc3ccccc3)C(C1)O2. The number of carbonyl (C=O) groups excluding carboxylic acids is 1. The Labute approximate surface area is 113 Å². The number of carbonyl (C=O) groups is 1. The first kappa shape index (κ1) is 12.6. The lowest BCUT2D eigenvalue weighted by Gasteiger charge is -2.29. The first-order chi connectivity index (χ1) is 9.22. The topological polar surface area (TPSA) is 41.6 Å². The van der Waals surface area contributed by atoms with Crippen LogP contribution in [0.1, 0.15) is 12.0 Å². The molecule has 3 atom stereocenters. The van der Waals surface area contributed by atoms with Gasteiger partial charge in [-0.25, -0.2) is 0 Å². The van der Waals surface area contributed by atoms with Crippen LogP contribution in [0.4, 0.5) is 0 Å². The van der Waals surface area contributed by atoms with Gasteiger partial charge in [0.1, 0.15) is 0 Å². The van der Waals surface area contributed by atoms with Crippen molar-refractivity contribution in [3.8, 4) is 0 Å². The number of likely N-dealkylation sites (N-methyl/N-ethyl adjacent to an activating group) is 1. The maximum Gasteiger partial charge on any atom is 0.226 e. The molecule has 1 aromatic carbocycles. The number of nitrogens with zero attached hydrogens (tertiary/aromatic N) is 1. The molecule has 0 radical (unpaired) electrons. The van der Waals surface area contributed by atoms with Crippen molar-refractivity contribution in [2.45, 2.75) is 25.2 Å². The Hall–Kier alpha value is -1.39. The Morgan fingerprint density at radius 2 is 2.16 bits per heavy atom. The van der Waals surface area contributed by atoms with Gasteiger partial charge in [0.25, 0.3) is 0 Å².